The van der Waals surface area contributed by atoms with Crippen molar-refractivity contribution >= 4 is 23.6 Å². The summed E-state index contributed by atoms with van der Waals surface area (Å²) in [6.45, 7) is 6.85. The number of amides is 2. The fourth-order valence-corrected chi connectivity index (χ4v) is 2.95. The van der Waals surface area contributed by atoms with Gasteiger partial charge < -0.3 is 19.7 Å². The molecule has 0 saturated carbocycles. The summed E-state index contributed by atoms with van der Waals surface area (Å²) in [5.74, 6) is 0.824. The van der Waals surface area contributed by atoms with E-state index in [2.05, 4.69) is 5.32 Å². The zero-order valence-corrected chi connectivity index (χ0v) is 18.1. The van der Waals surface area contributed by atoms with Crippen molar-refractivity contribution in [2.45, 2.75) is 27.2 Å². The first kappa shape index (κ1) is 23.0. The van der Waals surface area contributed by atoms with Crippen molar-refractivity contribution in [3.8, 4) is 11.5 Å². The number of benzene rings is 2. The van der Waals surface area contributed by atoms with Crippen LogP contribution in [0.3, 0.4) is 0 Å². The van der Waals surface area contributed by atoms with Crippen LogP contribution in [-0.2, 0) is 9.59 Å². The lowest BCUT2D eigenvalue weighted by molar-refractivity contribution is -0.130. The van der Waals surface area contributed by atoms with Crippen molar-refractivity contribution in [3.05, 3.63) is 59.7 Å². The van der Waals surface area contributed by atoms with Crippen LogP contribution in [0.4, 0.5) is 5.69 Å². The Morgan fingerprint density at radius 1 is 1.10 bits per heavy atom. The zero-order chi connectivity index (χ0) is 21.9. The van der Waals surface area contributed by atoms with E-state index < -0.39 is 0 Å². The maximum absolute atomic E-state index is 12.7. The second-order valence-corrected chi connectivity index (χ2v) is 6.80. The average Bonchev–Trinajstić information content (AvgIpc) is 2.74. The number of rotatable bonds is 10. The third kappa shape index (κ3) is 6.65. The molecule has 160 valence electrons. The molecule has 0 bridgehead atoms. The lowest BCUT2D eigenvalue weighted by Gasteiger charge is -2.20. The molecular weight excluding hydrogens is 380 g/mol. The average molecular weight is 411 g/mol. The van der Waals surface area contributed by atoms with Crippen LogP contribution < -0.4 is 14.8 Å². The highest BCUT2D eigenvalue weighted by molar-refractivity contribution is 5.98. The number of hydrogen-bond donors (Lipinski definition) is 1. The number of methoxy groups -OCH3 is 1. The number of ether oxygens (including phenoxy) is 2. The number of aryl methyl sites for hydroxylation is 1. The Morgan fingerprint density at radius 2 is 1.87 bits per heavy atom. The van der Waals surface area contributed by atoms with Crippen LogP contribution in [0.15, 0.2) is 48.5 Å². The van der Waals surface area contributed by atoms with E-state index in [0.717, 1.165) is 23.2 Å². The van der Waals surface area contributed by atoms with Crippen molar-refractivity contribution in [2.75, 3.05) is 32.1 Å². The Bertz CT molecular complexity index is 893. The molecule has 0 spiro atoms. The smallest absolute Gasteiger partial charge is 0.247 e. The molecule has 30 heavy (non-hydrogen) atoms. The Balaban J connectivity index is 2.05. The number of para-hydroxylation sites is 1. The van der Waals surface area contributed by atoms with Crippen LogP contribution in [0.5, 0.6) is 11.5 Å². The second-order valence-electron chi connectivity index (χ2n) is 6.80. The van der Waals surface area contributed by atoms with Crippen molar-refractivity contribution in [2.24, 2.45) is 0 Å². The van der Waals surface area contributed by atoms with Crippen molar-refractivity contribution in [1.82, 2.24) is 4.90 Å². The standard InChI is InChI=1S/C24H30N2O4/c1-5-15-26(17-23(27)25-20-10-8-7-9-18(20)3)24(28)14-12-19-11-13-21(30-6-2)22(16-19)29-4/h7-14,16H,5-6,15,17H2,1-4H3,(H,25,27)/b14-12+. The third-order valence-corrected chi connectivity index (χ3v) is 4.46. The van der Waals surface area contributed by atoms with E-state index in [-0.39, 0.29) is 18.4 Å². The number of nitrogens with zero attached hydrogens (tertiary/aromatic N) is 1. The summed E-state index contributed by atoms with van der Waals surface area (Å²) in [4.78, 5) is 26.7. The molecule has 0 aliphatic rings. The Kier molecular flexibility index (Phi) is 8.94. The van der Waals surface area contributed by atoms with Crippen LogP contribution >= 0.6 is 0 Å². The zero-order valence-electron chi connectivity index (χ0n) is 18.1. The Hall–Kier alpha value is -3.28. The molecule has 0 saturated heterocycles. The minimum Gasteiger partial charge on any atom is -0.493 e. The highest BCUT2D eigenvalue weighted by Gasteiger charge is 2.15. The van der Waals surface area contributed by atoms with Crippen LogP contribution in [-0.4, -0.2) is 43.5 Å². The molecule has 6 nitrogen and oxygen atoms in total. The number of carbonyl (C=O) groups excluding carboxylic acids is 2. The van der Waals surface area contributed by atoms with Gasteiger partial charge in [0, 0.05) is 18.3 Å². The first-order valence-electron chi connectivity index (χ1n) is 10.1. The fraction of sp³-hybridized carbons (Fsp3) is 0.333. The Labute approximate surface area is 178 Å². The fourth-order valence-electron chi connectivity index (χ4n) is 2.95. The van der Waals surface area contributed by atoms with Crippen molar-refractivity contribution in [3.63, 3.8) is 0 Å². The number of hydrogen-bond acceptors (Lipinski definition) is 4. The van der Waals surface area contributed by atoms with Crippen LogP contribution in [0, 0.1) is 6.92 Å². The van der Waals surface area contributed by atoms with E-state index in [4.69, 9.17) is 9.47 Å². The van der Waals surface area contributed by atoms with Gasteiger partial charge in [-0.25, -0.2) is 0 Å². The predicted octanol–water partition coefficient (Wildman–Crippen LogP) is 4.29. The molecule has 2 aromatic rings. The summed E-state index contributed by atoms with van der Waals surface area (Å²) in [7, 11) is 1.58. The van der Waals surface area contributed by atoms with Crippen LogP contribution in [0.1, 0.15) is 31.4 Å². The topological polar surface area (TPSA) is 67.9 Å². The van der Waals surface area contributed by atoms with Gasteiger partial charge in [-0.3, -0.25) is 9.59 Å². The second kappa shape index (κ2) is 11.7. The lowest BCUT2D eigenvalue weighted by atomic mass is 10.2. The van der Waals surface area contributed by atoms with Gasteiger partial charge in [-0.15, -0.1) is 0 Å². The molecule has 0 heterocycles. The van der Waals surface area contributed by atoms with Crippen LogP contribution in [0.2, 0.25) is 0 Å². The van der Waals surface area contributed by atoms with E-state index in [1.54, 1.807) is 13.2 Å². The molecule has 2 aromatic carbocycles. The summed E-state index contributed by atoms with van der Waals surface area (Å²) in [5, 5.41) is 2.87. The molecule has 0 unspecified atom stereocenters. The van der Waals surface area contributed by atoms with Gasteiger partial charge in [0.1, 0.15) is 6.54 Å². The Morgan fingerprint density at radius 3 is 2.53 bits per heavy atom. The van der Waals surface area contributed by atoms with E-state index in [1.807, 2.05) is 63.2 Å². The summed E-state index contributed by atoms with van der Waals surface area (Å²) >= 11 is 0. The lowest BCUT2D eigenvalue weighted by Crippen LogP contribution is -2.37. The van der Waals surface area contributed by atoms with E-state index in [9.17, 15) is 9.59 Å². The largest absolute Gasteiger partial charge is 0.493 e. The van der Waals surface area contributed by atoms with Crippen molar-refractivity contribution < 1.29 is 19.1 Å². The predicted molar refractivity (Wildman–Crippen MR) is 120 cm³/mol. The number of anilines is 1. The van der Waals surface area contributed by atoms with Gasteiger partial charge in [-0.2, -0.15) is 0 Å². The van der Waals surface area contributed by atoms with Gasteiger partial charge in [0.25, 0.3) is 0 Å². The molecule has 0 aliphatic heterocycles. The van der Waals surface area contributed by atoms with Gasteiger partial charge in [0.2, 0.25) is 11.8 Å². The van der Waals surface area contributed by atoms with Crippen molar-refractivity contribution in [1.29, 1.82) is 0 Å². The molecule has 0 aliphatic carbocycles. The summed E-state index contributed by atoms with van der Waals surface area (Å²) in [6.07, 6.45) is 3.95. The van der Waals surface area contributed by atoms with E-state index in [0.29, 0.717) is 24.7 Å². The van der Waals surface area contributed by atoms with Gasteiger partial charge in [-0.05, 0) is 55.7 Å². The third-order valence-electron chi connectivity index (χ3n) is 4.46. The molecule has 2 rings (SSSR count). The molecule has 0 radical (unpaired) electrons. The summed E-state index contributed by atoms with van der Waals surface area (Å²) in [5.41, 5.74) is 2.54. The first-order valence-corrected chi connectivity index (χ1v) is 10.1. The summed E-state index contributed by atoms with van der Waals surface area (Å²) < 4.78 is 10.9. The maximum atomic E-state index is 12.7. The highest BCUT2D eigenvalue weighted by Crippen LogP contribution is 2.28. The SMILES string of the molecule is CCCN(CC(=O)Nc1ccccc1C)C(=O)/C=C/c1ccc(OCC)c(OC)c1. The highest BCUT2D eigenvalue weighted by atomic mass is 16.5. The van der Waals surface area contributed by atoms with Gasteiger partial charge in [0.15, 0.2) is 11.5 Å². The minimum atomic E-state index is -0.220. The summed E-state index contributed by atoms with van der Waals surface area (Å²) in [6, 6.07) is 13.0. The van der Waals surface area contributed by atoms with Gasteiger partial charge in [0.05, 0.1) is 13.7 Å². The van der Waals surface area contributed by atoms with E-state index >= 15 is 0 Å². The number of nitrogens with one attached hydrogen (secondary N) is 1. The molecule has 0 atom stereocenters. The first-order chi connectivity index (χ1) is 14.5. The van der Waals surface area contributed by atoms with E-state index in [1.165, 1.54) is 11.0 Å². The normalized spacial score (nSPS) is 10.7. The molecule has 0 aromatic heterocycles. The molecule has 0 fully saturated rings. The monoisotopic (exact) mass is 410 g/mol. The molecule has 1 N–H and O–H groups in total. The van der Waals surface area contributed by atoms with Crippen LogP contribution in [0.25, 0.3) is 6.08 Å². The van der Waals surface area contributed by atoms with Gasteiger partial charge in [-0.1, -0.05) is 31.2 Å². The molecule has 2 amide bonds. The minimum absolute atomic E-state index is 0.00204. The number of carbonyl (C=O) groups is 2. The molecular formula is C24H30N2O4. The van der Waals surface area contributed by atoms with Gasteiger partial charge >= 0.3 is 0 Å². The maximum Gasteiger partial charge on any atom is 0.247 e. The molecule has 6 heteroatoms. The quantitative estimate of drug-likeness (QED) is 0.593.